The van der Waals surface area contributed by atoms with Crippen molar-refractivity contribution in [3.8, 4) is 0 Å². The van der Waals surface area contributed by atoms with Crippen LogP contribution in [0.4, 0.5) is 0 Å². The van der Waals surface area contributed by atoms with Crippen molar-refractivity contribution in [1.82, 2.24) is 4.90 Å². The topological polar surface area (TPSA) is 123 Å². The minimum atomic E-state index is -0.585. The summed E-state index contributed by atoms with van der Waals surface area (Å²) in [5.74, 6) is -0.411. The number of rotatable bonds is 3. The van der Waals surface area contributed by atoms with Crippen LogP contribution in [0.15, 0.2) is 9.98 Å². The maximum absolute atomic E-state index is 11.5. The molecule has 0 fully saturated rings. The first-order valence-electron chi connectivity index (χ1n) is 4.56. The third-order valence-corrected chi connectivity index (χ3v) is 1.78. The predicted molar refractivity (Wildman–Crippen MR) is 60.2 cm³/mol. The second-order valence-corrected chi connectivity index (χ2v) is 3.05. The van der Waals surface area contributed by atoms with E-state index in [9.17, 15) is 4.79 Å². The molecule has 0 aliphatic rings. The number of nitrogens with zero attached hydrogens (tertiary/aromatic N) is 3. The highest BCUT2D eigenvalue weighted by Crippen LogP contribution is 1.96. The van der Waals surface area contributed by atoms with E-state index in [0.717, 1.165) is 0 Å². The molecule has 7 heteroatoms. The Morgan fingerprint density at radius 1 is 1.40 bits per heavy atom. The second-order valence-electron chi connectivity index (χ2n) is 3.05. The van der Waals surface area contributed by atoms with Crippen molar-refractivity contribution in [1.29, 1.82) is 0 Å². The summed E-state index contributed by atoms with van der Waals surface area (Å²) in [5, 5.41) is 0. The maximum Gasteiger partial charge on any atom is 0.246 e. The third-order valence-electron chi connectivity index (χ3n) is 1.78. The highest BCUT2D eigenvalue weighted by molar-refractivity contribution is 5.94. The van der Waals surface area contributed by atoms with Gasteiger partial charge in [0.25, 0.3) is 0 Å². The fraction of sp³-hybridized carbons (Fsp3) is 0.625. The molecular weight excluding hydrogens is 196 g/mol. The molecule has 0 spiro atoms. The van der Waals surface area contributed by atoms with E-state index in [1.54, 1.807) is 14.0 Å². The number of hydrogen-bond donors (Lipinski definition) is 3. The lowest BCUT2D eigenvalue weighted by Crippen LogP contribution is -2.35. The van der Waals surface area contributed by atoms with Gasteiger partial charge in [-0.15, -0.1) is 0 Å². The van der Waals surface area contributed by atoms with Gasteiger partial charge in [0, 0.05) is 13.6 Å². The van der Waals surface area contributed by atoms with Crippen LogP contribution in [0.2, 0.25) is 0 Å². The molecule has 1 unspecified atom stereocenters. The summed E-state index contributed by atoms with van der Waals surface area (Å²) in [5.41, 5.74) is 15.6. The van der Waals surface area contributed by atoms with Crippen molar-refractivity contribution in [3.05, 3.63) is 0 Å². The average molecular weight is 214 g/mol. The molecule has 0 bridgehead atoms. The van der Waals surface area contributed by atoms with Crippen molar-refractivity contribution in [2.24, 2.45) is 27.2 Å². The zero-order valence-electron chi connectivity index (χ0n) is 9.27. The van der Waals surface area contributed by atoms with Crippen molar-refractivity contribution in [2.75, 3.05) is 13.6 Å². The monoisotopic (exact) mass is 214 g/mol. The number of likely N-dealkylation sites (N-methyl/N-ethyl adjacent to an activating group) is 1. The van der Waals surface area contributed by atoms with Gasteiger partial charge < -0.3 is 22.1 Å². The SMILES string of the molecule is CCN(C)C(=O)C(C)N=C(N)N=C(N)N. The number of nitrogens with two attached hydrogens (primary N) is 3. The van der Waals surface area contributed by atoms with Gasteiger partial charge in [0.05, 0.1) is 0 Å². The van der Waals surface area contributed by atoms with Crippen molar-refractivity contribution >= 4 is 17.8 Å². The van der Waals surface area contributed by atoms with Crippen LogP contribution in [0.5, 0.6) is 0 Å². The van der Waals surface area contributed by atoms with Crippen LogP contribution in [0, 0.1) is 0 Å². The first-order valence-corrected chi connectivity index (χ1v) is 4.56. The molecule has 15 heavy (non-hydrogen) atoms. The van der Waals surface area contributed by atoms with E-state index >= 15 is 0 Å². The van der Waals surface area contributed by atoms with E-state index in [-0.39, 0.29) is 17.8 Å². The van der Waals surface area contributed by atoms with Crippen LogP contribution in [-0.2, 0) is 4.79 Å². The smallest absolute Gasteiger partial charge is 0.246 e. The van der Waals surface area contributed by atoms with E-state index in [1.807, 2.05) is 6.92 Å². The van der Waals surface area contributed by atoms with Gasteiger partial charge in [0.1, 0.15) is 6.04 Å². The van der Waals surface area contributed by atoms with Gasteiger partial charge in [0.15, 0.2) is 5.96 Å². The highest BCUT2D eigenvalue weighted by Gasteiger charge is 2.15. The largest absolute Gasteiger partial charge is 0.370 e. The summed E-state index contributed by atoms with van der Waals surface area (Å²) >= 11 is 0. The van der Waals surface area contributed by atoms with E-state index in [1.165, 1.54) is 4.90 Å². The first kappa shape index (κ1) is 13.2. The molecule has 86 valence electrons. The van der Waals surface area contributed by atoms with Crippen LogP contribution in [0.1, 0.15) is 13.8 Å². The lowest BCUT2D eigenvalue weighted by atomic mass is 10.3. The van der Waals surface area contributed by atoms with Gasteiger partial charge in [-0.25, -0.2) is 4.99 Å². The first-order chi connectivity index (χ1) is 6.88. The molecule has 0 radical (unpaired) electrons. The molecule has 0 rings (SSSR count). The zero-order chi connectivity index (χ0) is 12.0. The van der Waals surface area contributed by atoms with Gasteiger partial charge in [-0.2, -0.15) is 4.99 Å². The molecule has 0 aliphatic heterocycles. The molecule has 7 nitrogen and oxygen atoms in total. The Bertz CT molecular complexity index is 281. The van der Waals surface area contributed by atoms with Gasteiger partial charge in [-0.1, -0.05) is 0 Å². The van der Waals surface area contributed by atoms with E-state index in [0.29, 0.717) is 6.54 Å². The standard InChI is InChI=1S/C8H18N6O/c1-4-14(3)6(15)5(2)12-8(11)13-7(9)10/h5H,4H2,1-3H3,(H6,9,10,11,12,13). The number of amides is 1. The molecule has 0 heterocycles. The van der Waals surface area contributed by atoms with Crippen LogP contribution >= 0.6 is 0 Å². The van der Waals surface area contributed by atoms with E-state index < -0.39 is 6.04 Å². The van der Waals surface area contributed by atoms with Crippen LogP contribution in [0.25, 0.3) is 0 Å². The summed E-state index contributed by atoms with van der Waals surface area (Å²) in [6, 6.07) is -0.585. The lowest BCUT2D eigenvalue weighted by molar-refractivity contribution is -0.130. The molecule has 1 amide bonds. The molecular formula is C8H18N6O. The summed E-state index contributed by atoms with van der Waals surface area (Å²) in [4.78, 5) is 20.4. The van der Waals surface area contributed by atoms with Crippen molar-refractivity contribution < 1.29 is 4.79 Å². The number of hydrogen-bond acceptors (Lipinski definition) is 2. The second kappa shape index (κ2) is 5.84. The molecule has 0 saturated carbocycles. The number of aliphatic imine (C=N–C) groups is 2. The Morgan fingerprint density at radius 3 is 2.33 bits per heavy atom. The predicted octanol–water partition coefficient (Wildman–Crippen LogP) is -1.56. The van der Waals surface area contributed by atoms with Crippen LogP contribution in [-0.4, -0.2) is 42.4 Å². The lowest BCUT2D eigenvalue weighted by Gasteiger charge is -2.16. The molecule has 0 aliphatic carbocycles. The maximum atomic E-state index is 11.5. The molecule has 0 saturated heterocycles. The molecule has 0 aromatic rings. The third kappa shape index (κ3) is 4.84. The Hall–Kier alpha value is -1.79. The summed E-state index contributed by atoms with van der Waals surface area (Å²) in [7, 11) is 1.69. The van der Waals surface area contributed by atoms with Crippen molar-refractivity contribution in [2.45, 2.75) is 19.9 Å². The van der Waals surface area contributed by atoms with Gasteiger partial charge in [0.2, 0.25) is 11.9 Å². The number of guanidine groups is 2. The number of carbonyl (C=O) groups is 1. The van der Waals surface area contributed by atoms with Crippen molar-refractivity contribution in [3.63, 3.8) is 0 Å². The van der Waals surface area contributed by atoms with Gasteiger partial charge in [-0.3, -0.25) is 4.79 Å². The van der Waals surface area contributed by atoms with Crippen LogP contribution < -0.4 is 17.2 Å². The summed E-state index contributed by atoms with van der Waals surface area (Å²) in [6.45, 7) is 4.11. The molecule has 0 aromatic carbocycles. The fourth-order valence-electron chi connectivity index (χ4n) is 0.890. The van der Waals surface area contributed by atoms with Gasteiger partial charge in [-0.05, 0) is 13.8 Å². The Kier molecular flexibility index (Phi) is 5.14. The molecule has 6 N–H and O–H groups in total. The Balaban J connectivity index is 4.54. The summed E-state index contributed by atoms with van der Waals surface area (Å²) < 4.78 is 0. The quantitative estimate of drug-likeness (QED) is 0.388. The van der Waals surface area contributed by atoms with Gasteiger partial charge >= 0.3 is 0 Å². The molecule has 1 atom stereocenters. The molecule has 0 aromatic heterocycles. The minimum absolute atomic E-state index is 0.0969. The number of carbonyl (C=O) groups excluding carboxylic acids is 1. The van der Waals surface area contributed by atoms with Crippen LogP contribution in [0.3, 0.4) is 0 Å². The highest BCUT2D eigenvalue weighted by atomic mass is 16.2. The minimum Gasteiger partial charge on any atom is -0.370 e. The Morgan fingerprint density at radius 2 is 1.93 bits per heavy atom. The fourth-order valence-corrected chi connectivity index (χ4v) is 0.890. The van der Waals surface area contributed by atoms with E-state index in [4.69, 9.17) is 17.2 Å². The summed E-state index contributed by atoms with van der Waals surface area (Å²) in [6.07, 6.45) is 0. The average Bonchev–Trinajstić information content (AvgIpc) is 2.13. The normalized spacial score (nSPS) is 13.1. The Labute approximate surface area is 89.0 Å². The zero-order valence-corrected chi connectivity index (χ0v) is 9.27. The van der Waals surface area contributed by atoms with E-state index in [2.05, 4.69) is 9.98 Å².